The third-order valence-electron chi connectivity index (χ3n) is 3.14. The smallest absolute Gasteiger partial charge is 0.0743 e. The molecule has 0 aliphatic carbocycles. The van der Waals surface area contributed by atoms with E-state index in [4.69, 9.17) is 17.3 Å². The van der Waals surface area contributed by atoms with Crippen LogP contribution >= 0.6 is 11.6 Å². The molecule has 4 heteroatoms. The van der Waals surface area contributed by atoms with Gasteiger partial charge in [0.15, 0.2) is 0 Å². The predicted octanol–water partition coefficient (Wildman–Crippen LogP) is 4.08. The summed E-state index contributed by atoms with van der Waals surface area (Å²) in [4.78, 5) is 4.33. The van der Waals surface area contributed by atoms with Gasteiger partial charge in [-0.3, -0.25) is 4.98 Å². The molecule has 2 aromatic carbocycles. The van der Waals surface area contributed by atoms with E-state index >= 15 is 0 Å². The molecule has 0 saturated carbocycles. The zero-order chi connectivity index (χ0) is 13.9. The number of nitrogens with two attached hydrogens (primary N) is 1. The fourth-order valence-corrected chi connectivity index (χ4v) is 2.38. The fraction of sp³-hybridized carbons (Fsp3) is 0.0625. The molecule has 3 rings (SSSR count). The molecule has 3 nitrogen and oxygen atoms in total. The van der Waals surface area contributed by atoms with Crippen LogP contribution in [0.1, 0.15) is 5.56 Å². The molecule has 0 bridgehead atoms. The molecule has 1 aromatic heterocycles. The highest BCUT2D eigenvalue weighted by molar-refractivity contribution is 6.30. The van der Waals surface area contributed by atoms with E-state index in [2.05, 4.69) is 10.3 Å². The maximum Gasteiger partial charge on any atom is 0.0743 e. The van der Waals surface area contributed by atoms with E-state index in [0.29, 0.717) is 6.54 Å². The third kappa shape index (κ3) is 2.68. The van der Waals surface area contributed by atoms with Crippen LogP contribution in [0.2, 0.25) is 5.02 Å². The quantitative estimate of drug-likeness (QED) is 0.712. The number of hydrogen-bond acceptors (Lipinski definition) is 3. The second kappa shape index (κ2) is 5.39. The largest absolute Gasteiger partial charge is 0.399 e. The Kier molecular flexibility index (Phi) is 3.44. The maximum atomic E-state index is 5.99. The van der Waals surface area contributed by atoms with E-state index in [-0.39, 0.29) is 0 Å². The minimum Gasteiger partial charge on any atom is -0.399 e. The molecule has 3 N–H and O–H groups in total. The summed E-state index contributed by atoms with van der Waals surface area (Å²) in [5, 5.41) is 5.22. The number of nitrogens with one attached hydrogen (secondary N) is 1. The second-order valence-corrected chi connectivity index (χ2v) is 5.06. The number of pyridine rings is 1. The van der Waals surface area contributed by atoms with Gasteiger partial charge in [-0.1, -0.05) is 23.7 Å². The molecule has 0 aliphatic heterocycles. The number of anilines is 2. The van der Waals surface area contributed by atoms with Crippen LogP contribution in [0.4, 0.5) is 11.4 Å². The number of benzene rings is 2. The lowest BCUT2D eigenvalue weighted by molar-refractivity contribution is 1.15. The Balaban J connectivity index is 1.87. The number of rotatable bonds is 3. The van der Waals surface area contributed by atoms with Gasteiger partial charge < -0.3 is 11.1 Å². The summed E-state index contributed by atoms with van der Waals surface area (Å²) in [7, 11) is 0. The number of fused-ring (bicyclic) bond motifs is 1. The first-order chi connectivity index (χ1) is 9.72. The Labute approximate surface area is 122 Å². The van der Waals surface area contributed by atoms with Crippen molar-refractivity contribution in [2.24, 2.45) is 0 Å². The molecule has 0 amide bonds. The zero-order valence-corrected chi connectivity index (χ0v) is 11.6. The van der Waals surface area contributed by atoms with Crippen molar-refractivity contribution in [3.05, 3.63) is 65.3 Å². The number of halogens is 1. The number of hydrogen-bond donors (Lipinski definition) is 2. The van der Waals surface area contributed by atoms with Crippen molar-refractivity contribution in [2.45, 2.75) is 6.54 Å². The van der Waals surface area contributed by atoms with Gasteiger partial charge in [-0.2, -0.15) is 0 Å². The SMILES string of the molecule is Nc1ccc2c(NCc3cccc(Cl)c3)ccnc2c1. The molecule has 0 spiro atoms. The van der Waals surface area contributed by atoms with Crippen LogP contribution in [0.3, 0.4) is 0 Å². The van der Waals surface area contributed by atoms with Crippen LogP contribution in [0.5, 0.6) is 0 Å². The Bertz CT molecular complexity index is 756. The minimum absolute atomic E-state index is 0.712. The standard InChI is InChI=1S/C16H14ClN3/c17-12-3-1-2-11(8-12)10-20-15-6-7-19-16-9-13(18)4-5-14(15)16/h1-9H,10,18H2,(H,19,20). The van der Waals surface area contributed by atoms with E-state index in [9.17, 15) is 0 Å². The van der Waals surface area contributed by atoms with Crippen molar-refractivity contribution < 1.29 is 0 Å². The van der Waals surface area contributed by atoms with Gasteiger partial charge in [-0.05, 0) is 42.0 Å². The zero-order valence-electron chi connectivity index (χ0n) is 10.8. The minimum atomic E-state index is 0.712. The molecule has 0 aliphatic rings. The highest BCUT2D eigenvalue weighted by Gasteiger charge is 2.02. The van der Waals surface area contributed by atoms with Crippen molar-refractivity contribution in [1.29, 1.82) is 0 Å². The Hall–Kier alpha value is -2.26. The summed E-state index contributed by atoms with van der Waals surface area (Å²) in [5.41, 5.74) is 9.56. The first-order valence-corrected chi connectivity index (χ1v) is 6.73. The van der Waals surface area contributed by atoms with Crippen LogP contribution in [0.15, 0.2) is 54.7 Å². The molecule has 20 heavy (non-hydrogen) atoms. The molecule has 100 valence electrons. The van der Waals surface area contributed by atoms with E-state index < -0.39 is 0 Å². The lowest BCUT2D eigenvalue weighted by Gasteiger charge is -2.10. The molecular weight excluding hydrogens is 270 g/mol. The summed E-state index contributed by atoms with van der Waals surface area (Å²) in [6.07, 6.45) is 1.78. The third-order valence-corrected chi connectivity index (χ3v) is 3.37. The predicted molar refractivity (Wildman–Crippen MR) is 84.9 cm³/mol. The van der Waals surface area contributed by atoms with E-state index in [1.807, 2.05) is 48.5 Å². The average molecular weight is 284 g/mol. The monoisotopic (exact) mass is 283 g/mol. The Morgan fingerprint density at radius 2 is 2.00 bits per heavy atom. The molecule has 0 unspecified atom stereocenters. The van der Waals surface area contributed by atoms with Gasteiger partial charge >= 0.3 is 0 Å². The van der Waals surface area contributed by atoms with Gasteiger partial charge in [0.2, 0.25) is 0 Å². The molecule has 0 radical (unpaired) electrons. The van der Waals surface area contributed by atoms with Gasteiger partial charge in [0, 0.05) is 34.5 Å². The average Bonchev–Trinajstić information content (AvgIpc) is 2.44. The van der Waals surface area contributed by atoms with Crippen LogP contribution in [-0.2, 0) is 6.54 Å². The van der Waals surface area contributed by atoms with Gasteiger partial charge in [0.25, 0.3) is 0 Å². The maximum absolute atomic E-state index is 5.99. The van der Waals surface area contributed by atoms with Crippen molar-refractivity contribution in [1.82, 2.24) is 4.98 Å². The summed E-state index contributed by atoms with van der Waals surface area (Å²) in [6.45, 7) is 0.712. The molecule has 0 fully saturated rings. The molecule has 1 heterocycles. The fourth-order valence-electron chi connectivity index (χ4n) is 2.16. The summed E-state index contributed by atoms with van der Waals surface area (Å²) in [6, 6.07) is 15.5. The molecule has 0 saturated heterocycles. The Morgan fingerprint density at radius 1 is 1.10 bits per heavy atom. The Morgan fingerprint density at radius 3 is 2.85 bits per heavy atom. The lowest BCUT2D eigenvalue weighted by atomic mass is 10.1. The highest BCUT2D eigenvalue weighted by Crippen LogP contribution is 2.24. The van der Waals surface area contributed by atoms with Crippen molar-refractivity contribution >= 4 is 33.9 Å². The summed E-state index contributed by atoms with van der Waals surface area (Å²) in [5.74, 6) is 0. The second-order valence-electron chi connectivity index (χ2n) is 4.62. The molecular formula is C16H14ClN3. The number of aromatic nitrogens is 1. The lowest BCUT2D eigenvalue weighted by Crippen LogP contribution is -2.00. The van der Waals surface area contributed by atoms with Crippen LogP contribution in [-0.4, -0.2) is 4.98 Å². The van der Waals surface area contributed by atoms with Crippen LogP contribution < -0.4 is 11.1 Å². The molecule has 0 atom stereocenters. The van der Waals surface area contributed by atoms with Crippen molar-refractivity contribution in [3.63, 3.8) is 0 Å². The van der Waals surface area contributed by atoms with Crippen molar-refractivity contribution in [3.8, 4) is 0 Å². The first kappa shape index (κ1) is 12.8. The van der Waals surface area contributed by atoms with Gasteiger partial charge in [0.05, 0.1) is 5.52 Å². The van der Waals surface area contributed by atoms with Gasteiger partial charge in [0.1, 0.15) is 0 Å². The number of nitrogen functional groups attached to an aromatic ring is 1. The number of nitrogens with zero attached hydrogens (tertiary/aromatic N) is 1. The summed E-state index contributed by atoms with van der Waals surface area (Å²) >= 11 is 5.99. The topological polar surface area (TPSA) is 50.9 Å². The first-order valence-electron chi connectivity index (χ1n) is 6.35. The van der Waals surface area contributed by atoms with E-state index in [1.54, 1.807) is 6.20 Å². The highest BCUT2D eigenvalue weighted by atomic mass is 35.5. The van der Waals surface area contributed by atoms with Crippen LogP contribution in [0, 0.1) is 0 Å². The van der Waals surface area contributed by atoms with E-state index in [1.165, 1.54) is 0 Å². The van der Waals surface area contributed by atoms with Crippen LogP contribution in [0.25, 0.3) is 10.9 Å². The van der Waals surface area contributed by atoms with Gasteiger partial charge in [-0.15, -0.1) is 0 Å². The van der Waals surface area contributed by atoms with Gasteiger partial charge in [-0.25, -0.2) is 0 Å². The normalized spacial score (nSPS) is 10.7. The van der Waals surface area contributed by atoms with E-state index in [0.717, 1.165) is 32.9 Å². The molecule has 3 aromatic rings. The summed E-state index contributed by atoms with van der Waals surface area (Å²) < 4.78 is 0. The van der Waals surface area contributed by atoms with Crippen molar-refractivity contribution in [2.75, 3.05) is 11.1 Å².